The summed E-state index contributed by atoms with van der Waals surface area (Å²) in [6, 6.07) is 3.76. The van der Waals surface area contributed by atoms with E-state index >= 15 is 0 Å². The van der Waals surface area contributed by atoms with E-state index in [0.717, 1.165) is 22.2 Å². The predicted octanol–water partition coefficient (Wildman–Crippen LogP) is 2.36. The smallest absolute Gasteiger partial charge is 0.142 e. The van der Waals surface area contributed by atoms with Crippen LogP contribution in [0.2, 0.25) is 5.02 Å². The Kier molecular flexibility index (Phi) is 2.49. The number of ether oxygens (including phenoxy) is 1. The fraction of sp³-hybridized carbons (Fsp3) is 0.333. The van der Waals surface area contributed by atoms with Crippen molar-refractivity contribution in [3.63, 3.8) is 0 Å². The molecule has 0 fully saturated rings. The molecule has 13 heavy (non-hydrogen) atoms. The zero-order valence-corrected chi connectivity index (χ0v) is 9.23. The summed E-state index contributed by atoms with van der Waals surface area (Å²) < 4.78 is 6.63. The number of rotatable bonds is 1. The Hall–Kier alpha value is -0.250. The Morgan fingerprint density at radius 1 is 1.62 bits per heavy atom. The Balaban J connectivity index is 2.43. The minimum atomic E-state index is 0.0752. The highest BCUT2D eigenvalue weighted by atomic mass is 79.9. The first-order chi connectivity index (χ1) is 6.22. The molecule has 0 bridgehead atoms. The lowest BCUT2D eigenvalue weighted by molar-refractivity contribution is 0.241. The number of hydrogen-bond donors (Lipinski definition) is 1. The molecule has 1 aromatic rings. The van der Waals surface area contributed by atoms with Gasteiger partial charge in [0.05, 0.1) is 5.02 Å². The Morgan fingerprint density at radius 3 is 3.00 bits per heavy atom. The standard InChI is InChI=1S/C9H9BrClNO/c10-7-1-2-8(11)9-6(7)3-5(4-12)13-9/h1-2,5H,3-4,12H2. The Morgan fingerprint density at radius 2 is 2.38 bits per heavy atom. The highest BCUT2D eigenvalue weighted by Gasteiger charge is 2.25. The topological polar surface area (TPSA) is 35.2 Å². The summed E-state index contributed by atoms with van der Waals surface area (Å²) in [7, 11) is 0. The number of nitrogens with two attached hydrogens (primary N) is 1. The van der Waals surface area contributed by atoms with E-state index in [2.05, 4.69) is 15.9 Å². The van der Waals surface area contributed by atoms with Crippen LogP contribution in [0.25, 0.3) is 0 Å². The maximum absolute atomic E-state index is 5.98. The van der Waals surface area contributed by atoms with Gasteiger partial charge in [-0.3, -0.25) is 0 Å². The molecule has 0 aliphatic carbocycles. The molecule has 2 N–H and O–H groups in total. The lowest BCUT2D eigenvalue weighted by Crippen LogP contribution is -2.24. The molecule has 2 rings (SSSR count). The van der Waals surface area contributed by atoms with E-state index in [9.17, 15) is 0 Å². The monoisotopic (exact) mass is 261 g/mol. The lowest BCUT2D eigenvalue weighted by atomic mass is 10.1. The SMILES string of the molecule is NCC1Cc2c(Br)ccc(Cl)c2O1. The molecule has 1 aliphatic heterocycles. The first-order valence-corrected chi connectivity index (χ1v) is 5.23. The largest absolute Gasteiger partial charge is 0.487 e. The lowest BCUT2D eigenvalue weighted by Gasteiger charge is -2.06. The van der Waals surface area contributed by atoms with Crippen molar-refractivity contribution >= 4 is 27.5 Å². The highest BCUT2D eigenvalue weighted by molar-refractivity contribution is 9.10. The van der Waals surface area contributed by atoms with E-state index in [1.165, 1.54) is 0 Å². The van der Waals surface area contributed by atoms with Crippen LogP contribution in [0.5, 0.6) is 5.75 Å². The van der Waals surface area contributed by atoms with Crippen molar-refractivity contribution in [3.8, 4) is 5.75 Å². The first-order valence-electron chi connectivity index (χ1n) is 4.06. The molecular formula is C9H9BrClNO. The summed E-state index contributed by atoms with van der Waals surface area (Å²) in [4.78, 5) is 0. The van der Waals surface area contributed by atoms with Gasteiger partial charge in [-0.05, 0) is 12.1 Å². The van der Waals surface area contributed by atoms with Gasteiger partial charge in [-0.1, -0.05) is 27.5 Å². The maximum atomic E-state index is 5.98. The third-order valence-electron chi connectivity index (χ3n) is 2.13. The molecule has 70 valence electrons. The Bertz CT molecular complexity index is 312. The molecule has 1 atom stereocenters. The van der Waals surface area contributed by atoms with Crippen molar-refractivity contribution in [2.75, 3.05) is 6.54 Å². The van der Waals surface area contributed by atoms with E-state index in [1.807, 2.05) is 12.1 Å². The van der Waals surface area contributed by atoms with E-state index < -0.39 is 0 Å². The van der Waals surface area contributed by atoms with Gasteiger partial charge in [-0.15, -0.1) is 0 Å². The summed E-state index contributed by atoms with van der Waals surface area (Å²) >= 11 is 9.44. The fourth-order valence-corrected chi connectivity index (χ4v) is 2.16. The minimum absolute atomic E-state index is 0.0752. The summed E-state index contributed by atoms with van der Waals surface area (Å²) in [5, 5.41) is 0.661. The van der Waals surface area contributed by atoms with Gasteiger partial charge in [-0.25, -0.2) is 0 Å². The molecule has 0 saturated carbocycles. The average Bonchev–Trinajstić information content (AvgIpc) is 2.56. The zero-order valence-electron chi connectivity index (χ0n) is 6.89. The minimum Gasteiger partial charge on any atom is -0.487 e. The summed E-state index contributed by atoms with van der Waals surface area (Å²) in [6.07, 6.45) is 0.915. The second-order valence-electron chi connectivity index (χ2n) is 3.02. The van der Waals surface area contributed by atoms with Gasteiger partial charge in [0.25, 0.3) is 0 Å². The molecule has 1 heterocycles. The second-order valence-corrected chi connectivity index (χ2v) is 4.28. The van der Waals surface area contributed by atoms with Crippen LogP contribution in [0, 0.1) is 0 Å². The van der Waals surface area contributed by atoms with Crippen LogP contribution < -0.4 is 10.5 Å². The van der Waals surface area contributed by atoms with Crippen LogP contribution in [0.3, 0.4) is 0 Å². The van der Waals surface area contributed by atoms with Crippen molar-refractivity contribution in [2.45, 2.75) is 12.5 Å². The van der Waals surface area contributed by atoms with Crippen LogP contribution >= 0.6 is 27.5 Å². The molecule has 0 spiro atoms. The molecule has 2 nitrogen and oxygen atoms in total. The molecule has 0 saturated heterocycles. The third-order valence-corrected chi connectivity index (χ3v) is 3.18. The van der Waals surface area contributed by atoms with Crippen molar-refractivity contribution in [1.29, 1.82) is 0 Å². The van der Waals surface area contributed by atoms with Gasteiger partial charge < -0.3 is 10.5 Å². The molecule has 0 aromatic heterocycles. The molecule has 0 amide bonds. The van der Waals surface area contributed by atoms with Gasteiger partial charge in [0, 0.05) is 23.0 Å². The molecule has 1 aliphatic rings. The number of benzene rings is 1. The van der Waals surface area contributed by atoms with E-state index in [1.54, 1.807) is 0 Å². The normalized spacial score (nSPS) is 19.8. The van der Waals surface area contributed by atoms with Crippen LogP contribution in [0.1, 0.15) is 5.56 Å². The van der Waals surface area contributed by atoms with Crippen molar-refractivity contribution < 1.29 is 4.74 Å². The maximum Gasteiger partial charge on any atom is 0.142 e. The molecular weight excluding hydrogens is 253 g/mol. The molecule has 0 radical (unpaired) electrons. The highest BCUT2D eigenvalue weighted by Crippen LogP contribution is 2.39. The Labute approximate surface area is 90.1 Å². The quantitative estimate of drug-likeness (QED) is 0.843. The van der Waals surface area contributed by atoms with Crippen molar-refractivity contribution in [3.05, 3.63) is 27.2 Å². The molecule has 1 unspecified atom stereocenters. The van der Waals surface area contributed by atoms with Crippen LogP contribution in [0.15, 0.2) is 16.6 Å². The van der Waals surface area contributed by atoms with Gasteiger partial charge >= 0.3 is 0 Å². The summed E-state index contributed by atoms with van der Waals surface area (Å²) in [5.74, 6) is 0.784. The van der Waals surface area contributed by atoms with E-state index in [-0.39, 0.29) is 6.10 Å². The van der Waals surface area contributed by atoms with Gasteiger partial charge in [0.1, 0.15) is 11.9 Å². The van der Waals surface area contributed by atoms with Gasteiger partial charge in [-0.2, -0.15) is 0 Å². The molecule has 4 heteroatoms. The van der Waals surface area contributed by atoms with Crippen LogP contribution in [-0.2, 0) is 6.42 Å². The van der Waals surface area contributed by atoms with Crippen molar-refractivity contribution in [2.24, 2.45) is 5.73 Å². The van der Waals surface area contributed by atoms with E-state index in [4.69, 9.17) is 22.1 Å². The first kappa shape index (κ1) is 9.31. The third kappa shape index (κ3) is 1.56. The summed E-state index contributed by atoms with van der Waals surface area (Å²) in [5.41, 5.74) is 6.66. The second kappa shape index (κ2) is 3.48. The average molecular weight is 263 g/mol. The van der Waals surface area contributed by atoms with Crippen LogP contribution in [0.4, 0.5) is 0 Å². The van der Waals surface area contributed by atoms with E-state index in [0.29, 0.717) is 11.6 Å². The van der Waals surface area contributed by atoms with Gasteiger partial charge in [0.15, 0.2) is 0 Å². The summed E-state index contributed by atoms with van der Waals surface area (Å²) in [6.45, 7) is 0.525. The number of fused-ring (bicyclic) bond motifs is 1. The molecule has 1 aromatic carbocycles. The van der Waals surface area contributed by atoms with Gasteiger partial charge in [0.2, 0.25) is 0 Å². The fourth-order valence-electron chi connectivity index (χ4n) is 1.46. The van der Waals surface area contributed by atoms with Crippen molar-refractivity contribution in [1.82, 2.24) is 0 Å². The number of hydrogen-bond acceptors (Lipinski definition) is 2. The van der Waals surface area contributed by atoms with Crippen LogP contribution in [-0.4, -0.2) is 12.6 Å². The zero-order chi connectivity index (χ0) is 9.42. The predicted molar refractivity (Wildman–Crippen MR) is 56.3 cm³/mol. The number of halogens is 2.